The molecule has 0 radical (unpaired) electrons. The first-order valence-electron chi connectivity index (χ1n) is 10.9. The van der Waals surface area contributed by atoms with Gasteiger partial charge in [-0.2, -0.15) is 5.12 Å². The molecule has 1 N–H and O–H groups in total. The quantitative estimate of drug-likeness (QED) is 0.265. The molecule has 3 amide bonds. The first-order valence-corrected chi connectivity index (χ1v) is 10.9. The van der Waals surface area contributed by atoms with Crippen LogP contribution in [0.2, 0.25) is 0 Å². The molecule has 2 aromatic rings. The van der Waals surface area contributed by atoms with E-state index >= 15 is 0 Å². The van der Waals surface area contributed by atoms with Gasteiger partial charge in [0.2, 0.25) is 5.91 Å². The second-order valence-corrected chi connectivity index (χ2v) is 7.98. The van der Waals surface area contributed by atoms with Crippen LogP contribution >= 0.6 is 0 Å². The topological polar surface area (TPSA) is 166 Å². The molecule has 0 aliphatic carbocycles. The number of nitrogens with zero attached hydrogens (tertiary/aromatic N) is 6. The third-order valence-electron chi connectivity index (χ3n) is 5.33. The maximum absolute atomic E-state index is 13.6. The van der Waals surface area contributed by atoms with Crippen LogP contribution in [0, 0.1) is 5.92 Å². The van der Waals surface area contributed by atoms with Crippen molar-refractivity contribution in [3.63, 3.8) is 0 Å². The molecule has 0 saturated heterocycles. The standard InChI is InChI=1S/C21H29N7O7/c1-6-8-15(16(32)9-7-10-29)19(33)27(28(14(3)31)23-13(2)30)12-26-11-22-18-17(26)20(34)25(5)21(35)24(18)4/h10-11,15H,6-9,12H2,1-5H3,(H,23,30). The number of imidazole rings is 1. The number of aldehydes is 1. The minimum Gasteiger partial charge on any atom is -0.304 e. The van der Waals surface area contributed by atoms with Crippen LogP contribution in [0.15, 0.2) is 15.9 Å². The van der Waals surface area contributed by atoms with Crippen molar-refractivity contribution in [1.29, 1.82) is 0 Å². The van der Waals surface area contributed by atoms with E-state index < -0.39 is 47.3 Å². The monoisotopic (exact) mass is 491 g/mol. The van der Waals surface area contributed by atoms with Gasteiger partial charge in [-0.3, -0.25) is 33.1 Å². The number of amides is 3. The molecular formula is C21H29N7O7. The fourth-order valence-corrected chi connectivity index (χ4v) is 3.60. The molecule has 14 heteroatoms. The van der Waals surface area contributed by atoms with E-state index in [1.54, 1.807) is 6.92 Å². The summed E-state index contributed by atoms with van der Waals surface area (Å²) in [7, 11) is 2.71. The SMILES string of the molecule is CCCC(C(=O)CCC=O)C(=O)N(Cn1cnc2c1c(=O)n(C)c(=O)n2C)N(NC(C)=O)C(C)=O. The van der Waals surface area contributed by atoms with Gasteiger partial charge >= 0.3 is 5.69 Å². The van der Waals surface area contributed by atoms with Crippen molar-refractivity contribution in [2.45, 2.75) is 53.1 Å². The second kappa shape index (κ2) is 11.4. The Morgan fingerprint density at radius 2 is 1.80 bits per heavy atom. The fraction of sp³-hybridized carbons (Fsp3) is 0.524. The van der Waals surface area contributed by atoms with Gasteiger partial charge in [0.05, 0.1) is 12.2 Å². The average Bonchev–Trinajstić information content (AvgIpc) is 3.23. The molecule has 0 spiro atoms. The van der Waals surface area contributed by atoms with E-state index in [-0.39, 0.29) is 30.4 Å². The molecular weight excluding hydrogens is 462 g/mol. The summed E-state index contributed by atoms with van der Waals surface area (Å²) < 4.78 is 3.26. The van der Waals surface area contributed by atoms with Gasteiger partial charge in [-0.05, 0) is 6.42 Å². The molecule has 14 nitrogen and oxygen atoms in total. The smallest absolute Gasteiger partial charge is 0.304 e. The average molecular weight is 492 g/mol. The van der Waals surface area contributed by atoms with E-state index in [1.807, 2.05) is 0 Å². The van der Waals surface area contributed by atoms with E-state index in [9.17, 15) is 33.6 Å². The number of carbonyl (C=O) groups excluding carboxylic acids is 5. The maximum atomic E-state index is 13.6. The fourth-order valence-electron chi connectivity index (χ4n) is 3.60. The molecule has 0 aliphatic heterocycles. The zero-order valence-electron chi connectivity index (χ0n) is 20.3. The van der Waals surface area contributed by atoms with Gasteiger partial charge in [0, 0.05) is 40.8 Å². The van der Waals surface area contributed by atoms with Crippen LogP contribution in [0.3, 0.4) is 0 Å². The number of aryl methyl sites for hydroxylation is 1. The van der Waals surface area contributed by atoms with Gasteiger partial charge in [-0.25, -0.2) is 20.2 Å². The molecule has 0 aromatic carbocycles. The number of nitrogens with one attached hydrogen (secondary N) is 1. The van der Waals surface area contributed by atoms with Crippen LogP contribution in [-0.2, 0) is 44.7 Å². The molecule has 35 heavy (non-hydrogen) atoms. The van der Waals surface area contributed by atoms with Crippen molar-refractivity contribution in [2.75, 3.05) is 0 Å². The number of Topliss-reactive ketones (excluding diaryl/α,β-unsaturated/α-hetero) is 1. The van der Waals surface area contributed by atoms with Crippen molar-refractivity contribution >= 4 is 41.0 Å². The van der Waals surface area contributed by atoms with Crippen LogP contribution in [0.25, 0.3) is 11.2 Å². The Bertz CT molecular complexity index is 1270. The van der Waals surface area contributed by atoms with Crippen molar-refractivity contribution in [3.05, 3.63) is 27.2 Å². The minimum absolute atomic E-state index is 0.0296. The summed E-state index contributed by atoms with van der Waals surface area (Å²) in [6.45, 7) is 3.52. The molecule has 2 heterocycles. The highest BCUT2D eigenvalue weighted by Crippen LogP contribution is 2.18. The van der Waals surface area contributed by atoms with E-state index in [0.29, 0.717) is 17.8 Å². The molecule has 0 fully saturated rings. The lowest BCUT2D eigenvalue weighted by atomic mass is 9.94. The Balaban J connectivity index is 2.66. The van der Waals surface area contributed by atoms with E-state index in [1.165, 1.54) is 25.0 Å². The predicted octanol–water partition coefficient (Wildman–Crippen LogP) is -1.00. The van der Waals surface area contributed by atoms with Gasteiger partial charge in [-0.15, -0.1) is 0 Å². The Morgan fingerprint density at radius 1 is 1.14 bits per heavy atom. The highest BCUT2D eigenvalue weighted by molar-refractivity contribution is 6.02. The molecule has 0 aliphatic rings. The Morgan fingerprint density at radius 3 is 2.34 bits per heavy atom. The highest BCUT2D eigenvalue weighted by Gasteiger charge is 2.35. The normalized spacial score (nSPS) is 11.7. The Labute approximate surface area is 200 Å². The minimum atomic E-state index is -1.20. The van der Waals surface area contributed by atoms with E-state index in [0.717, 1.165) is 28.0 Å². The third-order valence-corrected chi connectivity index (χ3v) is 5.33. The summed E-state index contributed by atoms with van der Waals surface area (Å²) in [5, 5.41) is 1.51. The summed E-state index contributed by atoms with van der Waals surface area (Å²) in [5.74, 6) is -3.90. The predicted molar refractivity (Wildman–Crippen MR) is 122 cm³/mol. The first-order chi connectivity index (χ1) is 16.5. The molecule has 0 saturated carbocycles. The lowest BCUT2D eigenvalue weighted by Crippen LogP contribution is -2.59. The summed E-state index contributed by atoms with van der Waals surface area (Å²) >= 11 is 0. The van der Waals surface area contributed by atoms with Crippen LogP contribution in [0.5, 0.6) is 0 Å². The molecule has 1 unspecified atom stereocenters. The van der Waals surface area contributed by atoms with Gasteiger partial charge in [0.25, 0.3) is 17.4 Å². The Hall–Kier alpha value is -4.10. The number of ketones is 1. The summed E-state index contributed by atoms with van der Waals surface area (Å²) in [5.41, 5.74) is 0.985. The lowest BCUT2D eigenvalue weighted by Gasteiger charge is -2.35. The summed E-state index contributed by atoms with van der Waals surface area (Å²) in [4.78, 5) is 90.4. The third kappa shape index (κ3) is 5.70. The number of hydrazine groups is 2. The molecule has 2 aromatic heterocycles. The number of carbonyl (C=O) groups is 5. The Kier molecular flexibility index (Phi) is 8.81. The number of fused-ring (bicyclic) bond motifs is 1. The molecule has 2 rings (SSSR count). The zero-order valence-corrected chi connectivity index (χ0v) is 20.3. The van der Waals surface area contributed by atoms with Gasteiger partial charge in [0.1, 0.15) is 18.7 Å². The van der Waals surface area contributed by atoms with Crippen molar-refractivity contribution in [3.8, 4) is 0 Å². The summed E-state index contributed by atoms with van der Waals surface area (Å²) in [6, 6.07) is 0. The highest BCUT2D eigenvalue weighted by atomic mass is 16.2. The van der Waals surface area contributed by atoms with Crippen LogP contribution in [0.4, 0.5) is 0 Å². The van der Waals surface area contributed by atoms with Gasteiger partial charge < -0.3 is 9.36 Å². The van der Waals surface area contributed by atoms with Crippen molar-refractivity contribution < 1.29 is 24.0 Å². The van der Waals surface area contributed by atoms with E-state index in [2.05, 4.69) is 10.4 Å². The second-order valence-electron chi connectivity index (χ2n) is 7.98. The zero-order chi connectivity index (χ0) is 26.4. The van der Waals surface area contributed by atoms with Crippen molar-refractivity contribution in [2.24, 2.45) is 20.0 Å². The molecule has 1 atom stereocenters. The molecule has 0 bridgehead atoms. The lowest BCUT2D eigenvalue weighted by molar-refractivity contribution is -0.180. The number of rotatable bonds is 9. The summed E-state index contributed by atoms with van der Waals surface area (Å²) in [6.07, 6.45) is 2.14. The molecule has 190 valence electrons. The largest absolute Gasteiger partial charge is 0.332 e. The van der Waals surface area contributed by atoms with E-state index in [4.69, 9.17) is 0 Å². The maximum Gasteiger partial charge on any atom is 0.332 e. The number of hydrogen-bond donors (Lipinski definition) is 1. The van der Waals surface area contributed by atoms with Gasteiger partial charge in [0.15, 0.2) is 11.2 Å². The number of aromatic nitrogens is 4. The first kappa shape index (κ1) is 27.1. The van der Waals surface area contributed by atoms with Gasteiger partial charge in [-0.1, -0.05) is 13.3 Å². The number of hydrogen-bond acceptors (Lipinski definition) is 8. The van der Waals surface area contributed by atoms with Crippen LogP contribution in [-0.4, -0.2) is 58.6 Å². The van der Waals surface area contributed by atoms with Crippen LogP contribution < -0.4 is 16.7 Å². The van der Waals surface area contributed by atoms with Crippen LogP contribution in [0.1, 0.15) is 46.5 Å². The van der Waals surface area contributed by atoms with Crippen molar-refractivity contribution in [1.82, 2.24) is 34.2 Å².